The maximum atomic E-state index is 13.6. The molecule has 20 heavy (non-hydrogen) atoms. The molecule has 1 amide bonds. The summed E-state index contributed by atoms with van der Waals surface area (Å²) in [7, 11) is 0. The first-order chi connectivity index (χ1) is 9.52. The quantitative estimate of drug-likeness (QED) is 0.751. The Morgan fingerprint density at radius 3 is 2.60 bits per heavy atom. The summed E-state index contributed by atoms with van der Waals surface area (Å²) >= 11 is 0. The van der Waals surface area contributed by atoms with Crippen LogP contribution in [-0.2, 0) is 4.79 Å². The molecule has 1 aromatic rings. The van der Waals surface area contributed by atoms with Crippen molar-refractivity contribution >= 4 is 11.7 Å². The Morgan fingerprint density at radius 2 is 2.10 bits per heavy atom. The molecule has 0 atom stereocenters. The van der Waals surface area contributed by atoms with Gasteiger partial charge in [0.1, 0.15) is 11.6 Å². The molecule has 0 spiro atoms. The summed E-state index contributed by atoms with van der Waals surface area (Å²) in [5.41, 5.74) is 0.0249. The van der Waals surface area contributed by atoms with Crippen LogP contribution in [-0.4, -0.2) is 35.8 Å². The standard InChI is InChI=1S/C15H18FNO3/c1-3-17(11-4-5-11)15(19)9-20-12-6-7-13(10(2)18)14(16)8-12/h6-8,11H,3-5,9H2,1-2H3. The van der Waals surface area contributed by atoms with E-state index in [4.69, 9.17) is 4.74 Å². The second kappa shape index (κ2) is 6.03. The fraction of sp³-hybridized carbons (Fsp3) is 0.467. The van der Waals surface area contributed by atoms with Gasteiger partial charge in [0, 0.05) is 18.7 Å². The number of nitrogens with zero attached hydrogens (tertiary/aromatic N) is 1. The van der Waals surface area contributed by atoms with Gasteiger partial charge in [-0.2, -0.15) is 0 Å². The van der Waals surface area contributed by atoms with E-state index in [0.29, 0.717) is 12.6 Å². The van der Waals surface area contributed by atoms with Crippen molar-refractivity contribution in [1.29, 1.82) is 0 Å². The molecule has 1 aromatic carbocycles. The van der Waals surface area contributed by atoms with Crippen LogP contribution < -0.4 is 4.74 Å². The lowest BCUT2D eigenvalue weighted by Gasteiger charge is -2.20. The molecule has 1 saturated carbocycles. The molecule has 1 aliphatic rings. The molecule has 1 fully saturated rings. The zero-order valence-corrected chi connectivity index (χ0v) is 11.7. The first-order valence-electron chi connectivity index (χ1n) is 6.75. The summed E-state index contributed by atoms with van der Waals surface area (Å²) in [6.45, 7) is 3.78. The lowest BCUT2D eigenvalue weighted by Crippen LogP contribution is -2.36. The molecular formula is C15H18FNO3. The van der Waals surface area contributed by atoms with E-state index in [9.17, 15) is 14.0 Å². The lowest BCUT2D eigenvalue weighted by molar-refractivity contribution is -0.133. The molecule has 4 nitrogen and oxygen atoms in total. The summed E-state index contributed by atoms with van der Waals surface area (Å²) in [5, 5.41) is 0. The minimum Gasteiger partial charge on any atom is -0.484 e. The van der Waals surface area contributed by atoms with Gasteiger partial charge in [0.15, 0.2) is 12.4 Å². The molecule has 0 aliphatic heterocycles. The van der Waals surface area contributed by atoms with Crippen molar-refractivity contribution in [2.75, 3.05) is 13.2 Å². The van der Waals surface area contributed by atoms with Crippen LogP contribution in [0.3, 0.4) is 0 Å². The summed E-state index contributed by atoms with van der Waals surface area (Å²) in [6.07, 6.45) is 2.09. The molecule has 0 aromatic heterocycles. The van der Waals surface area contributed by atoms with Gasteiger partial charge in [-0.15, -0.1) is 0 Å². The van der Waals surface area contributed by atoms with Gasteiger partial charge in [-0.25, -0.2) is 4.39 Å². The van der Waals surface area contributed by atoms with Crippen molar-refractivity contribution in [2.24, 2.45) is 0 Å². The maximum absolute atomic E-state index is 13.6. The highest BCUT2D eigenvalue weighted by Gasteiger charge is 2.31. The van der Waals surface area contributed by atoms with Gasteiger partial charge >= 0.3 is 0 Å². The number of amides is 1. The SMILES string of the molecule is CCN(C(=O)COc1ccc(C(C)=O)c(F)c1)C1CC1. The largest absolute Gasteiger partial charge is 0.484 e. The predicted octanol–water partition coefficient (Wildman–Crippen LogP) is 2.42. The highest BCUT2D eigenvalue weighted by atomic mass is 19.1. The lowest BCUT2D eigenvalue weighted by atomic mass is 10.1. The molecule has 1 aliphatic carbocycles. The second-order valence-corrected chi connectivity index (χ2v) is 4.90. The topological polar surface area (TPSA) is 46.6 Å². The average Bonchev–Trinajstić information content (AvgIpc) is 3.21. The van der Waals surface area contributed by atoms with Crippen LogP contribution in [0.4, 0.5) is 4.39 Å². The van der Waals surface area contributed by atoms with Crippen LogP contribution in [0.2, 0.25) is 0 Å². The number of benzene rings is 1. The molecule has 108 valence electrons. The fourth-order valence-corrected chi connectivity index (χ4v) is 2.12. The van der Waals surface area contributed by atoms with Crippen molar-refractivity contribution in [3.05, 3.63) is 29.6 Å². The summed E-state index contributed by atoms with van der Waals surface area (Å²) < 4.78 is 18.9. The highest BCUT2D eigenvalue weighted by Crippen LogP contribution is 2.26. The molecule has 0 saturated heterocycles. The zero-order valence-electron chi connectivity index (χ0n) is 11.7. The number of hydrogen-bond donors (Lipinski definition) is 0. The molecular weight excluding hydrogens is 261 g/mol. The van der Waals surface area contributed by atoms with E-state index in [1.807, 2.05) is 6.92 Å². The number of carbonyl (C=O) groups is 2. The van der Waals surface area contributed by atoms with Gasteiger partial charge in [0.25, 0.3) is 5.91 Å². The number of halogens is 1. The smallest absolute Gasteiger partial charge is 0.260 e. The molecule has 0 bridgehead atoms. The monoisotopic (exact) mass is 279 g/mol. The number of hydrogen-bond acceptors (Lipinski definition) is 3. The molecule has 0 N–H and O–H groups in total. The van der Waals surface area contributed by atoms with Crippen molar-refractivity contribution in [3.8, 4) is 5.75 Å². The van der Waals surface area contributed by atoms with Crippen molar-refractivity contribution in [1.82, 2.24) is 4.90 Å². The van der Waals surface area contributed by atoms with Crippen molar-refractivity contribution in [2.45, 2.75) is 32.7 Å². The first kappa shape index (κ1) is 14.5. The first-order valence-corrected chi connectivity index (χ1v) is 6.75. The van der Waals surface area contributed by atoms with Crippen LogP contribution in [0.15, 0.2) is 18.2 Å². The van der Waals surface area contributed by atoms with Gasteiger partial charge in [0.2, 0.25) is 0 Å². The van der Waals surface area contributed by atoms with E-state index in [0.717, 1.165) is 18.9 Å². The number of ketones is 1. The van der Waals surface area contributed by atoms with Crippen LogP contribution in [0.25, 0.3) is 0 Å². The number of ether oxygens (including phenoxy) is 1. The fourth-order valence-electron chi connectivity index (χ4n) is 2.12. The van der Waals surface area contributed by atoms with Gasteiger partial charge in [-0.3, -0.25) is 9.59 Å². The Hall–Kier alpha value is -1.91. The molecule has 0 unspecified atom stereocenters. The Kier molecular flexibility index (Phi) is 4.37. The van der Waals surface area contributed by atoms with Crippen molar-refractivity contribution in [3.63, 3.8) is 0 Å². The van der Waals surface area contributed by atoms with E-state index < -0.39 is 5.82 Å². The number of likely N-dealkylation sites (N-methyl/N-ethyl adjacent to an activating group) is 1. The van der Waals surface area contributed by atoms with Crippen LogP contribution in [0.1, 0.15) is 37.0 Å². The predicted molar refractivity (Wildman–Crippen MR) is 72.3 cm³/mol. The molecule has 2 rings (SSSR count). The Labute approximate surface area is 117 Å². The van der Waals surface area contributed by atoms with E-state index in [-0.39, 0.29) is 29.6 Å². The van der Waals surface area contributed by atoms with E-state index in [1.54, 1.807) is 4.90 Å². The van der Waals surface area contributed by atoms with E-state index >= 15 is 0 Å². The van der Waals surface area contributed by atoms with Crippen LogP contribution >= 0.6 is 0 Å². The Bertz CT molecular complexity index is 526. The number of carbonyl (C=O) groups excluding carboxylic acids is 2. The maximum Gasteiger partial charge on any atom is 0.260 e. The van der Waals surface area contributed by atoms with Crippen molar-refractivity contribution < 1.29 is 18.7 Å². The van der Waals surface area contributed by atoms with Gasteiger partial charge in [0.05, 0.1) is 5.56 Å². The minimum absolute atomic E-state index is 0.0249. The van der Waals surface area contributed by atoms with Crippen LogP contribution in [0, 0.1) is 5.82 Å². The number of rotatable bonds is 6. The summed E-state index contributed by atoms with van der Waals surface area (Å²) in [4.78, 5) is 24.8. The van der Waals surface area contributed by atoms with Gasteiger partial charge in [-0.1, -0.05) is 0 Å². The van der Waals surface area contributed by atoms with Gasteiger partial charge < -0.3 is 9.64 Å². The molecule has 0 radical (unpaired) electrons. The summed E-state index contributed by atoms with van der Waals surface area (Å²) in [5.74, 6) is -0.799. The number of Topliss-reactive ketones (excluding diaryl/α,β-unsaturated/α-hetero) is 1. The third-order valence-corrected chi connectivity index (χ3v) is 3.33. The normalized spacial score (nSPS) is 13.9. The highest BCUT2D eigenvalue weighted by molar-refractivity contribution is 5.94. The Balaban J connectivity index is 1.95. The molecule has 0 heterocycles. The summed E-state index contributed by atoms with van der Waals surface area (Å²) in [6, 6.07) is 4.35. The van der Waals surface area contributed by atoms with Gasteiger partial charge in [-0.05, 0) is 38.8 Å². The zero-order chi connectivity index (χ0) is 14.7. The molecule has 5 heteroatoms. The average molecular weight is 279 g/mol. The van der Waals surface area contributed by atoms with E-state index in [2.05, 4.69) is 0 Å². The second-order valence-electron chi connectivity index (χ2n) is 4.90. The third-order valence-electron chi connectivity index (χ3n) is 3.33. The Morgan fingerprint density at radius 1 is 1.40 bits per heavy atom. The van der Waals surface area contributed by atoms with Crippen LogP contribution in [0.5, 0.6) is 5.75 Å². The third kappa shape index (κ3) is 3.35. The minimum atomic E-state index is -0.628. The van der Waals surface area contributed by atoms with E-state index in [1.165, 1.54) is 19.1 Å².